The summed E-state index contributed by atoms with van der Waals surface area (Å²) in [6.07, 6.45) is 0.816. The van der Waals surface area contributed by atoms with E-state index in [9.17, 15) is 4.79 Å². The van der Waals surface area contributed by atoms with E-state index in [1.54, 1.807) is 19.2 Å². The van der Waals surface area contributed by atoms with Gasteiger partial charge in [0.1, 0.15) is 5.75 Å². The summed E-state index contributed by atoms with van der Waals surface area (Å²) in [4.78, 5) is 10.5. The molecule has 0 radical (unpaired) electrons. The van der Waals surface area contributed by atoms with Crippen molar-refractivity contribution < 1.29 is 9.53 Å². The molecule has 0 fully saturated rings. The van der Waals surface area contributed by atoms with Gasteiger partial charge in [-0.25, -0.2) is 0 Å². The first kappa shape index (κ1) is 9.26. The summed E-state index contributed by atoms with van der Waals surface area (Å²) in [6.45, 7) is 1.90. The summed E-state index contributed by atoms with van der Waals surface area (Å²) < 4.78 is 5.84. The summed E-state index contributed by atoms with van der Waals surface area (Å²) in [5.74, 6) is 0.785. The lowest BCUT2D eigenvalue weighted by Crippen LogP contribution is -1.90. The van der Waals surface area contributed by atoms with Crippen molar-refractivity contribution in [3.05, 3.63) is 27.7 Å². The Labute approximate surface area is 79.7 Å². The molecule has 0 heterocycles. The molecule has 1 aromatic carbocycles. The Morgan fingerprint density at radius 1 is 1.50 bits per heavy atom. The lowest BCUT2D eigenvalue weighted by molar-refractivity contribution is 0.112. The van der Waals surface area contributed by atoms with Crippen LogP contribution in [-0.2, 0) is 0 Å². The first-order valence-electron chi connectivity index (χ1n) is 3.48. The van der Waals surface area contributed by atoms with Gasteiger partial charge in [-0.2, -0.15) is 0 Å². The van der Waals surface area contributed by atoms with E-state index < -0.39 is 0 Å². The van der Waals surface area contributed by atoms with Gasteiger partial charge in [0.15, 0.2) is 6.29 Å². The Bertz CT molecular complexity index is 308. The van der Waals surface area contributed by atoms with Crippen molar-refractivity contribution in [1.29, 1.82) is 0 Å². The van der Waals surface area contributed by atoms with Gasteiger partial charge in [0.2, 0.25) is 0 Å². The lowest BCUT2D eigenvalue weighted by Gasteiger charge is -2.05. The minimum Gasteiger partial charge on any atom is -0.496 e. The van der Waals surface area contributed by atoms with Crippen molar-refractivity contribution in [3.8, 4) is 5.75 Å². The average Bonchev–Trinajstić information content (AvgIpc) is 2.08. The molecule has 0 atom stereocenters. The van der Waals surface area contributed by atoms with Crippen LogP contribution in [-0.4, -0.2) is 13.4 Å². The molecule has 0 N–H and O–H groups in total. The molecule has 64 valence electrons. The quantitative estimate of drug-likeness (QED) is 0.728. The third-order valence-electron chi connectivity index (χ3n) is 1.64. The fourth-order valence-corrected chi connectivity index (χ4v) is 1.41. The third-order valence-corrected chi connectivity index (χ3v) is 2.33. The van der Waals surface area contributed by atoms with E-state index in [1.807, 2.05) is 6.92 Å². The second-order valence-corrected chi connectivity index (χ2v) is 3.32. The number of aryl methyl sites for hydroxylation is 1. The van der Waals surface area contributed by atoms with E-state index in [0.717, 1.165) is 22.1 Å². The first-order chi connectivity index (χ1) is 5.69. The van der Waals surface area contributed by atoms with Crippen LogP contribution < -0.4 is 4.74 Å². The number of halogens is 1. The zero-order valence-corrected chi connectivity index (χ0v) is 8.51. The van der Waals surface area contributed by atoms with Crippen LogP contribution in [0.4, 0.5) is 0 Å². The van der Waals surface area contributed by atoms with E-state index in [2.05, 4.69) is 15.9 Å². The maximum atomic E-state index is 10.5. The maximum absolute atomic E-state index is 10.5. The topological polar surface area (TPSA) is 26.3 Å². The molecular weight excluding hydrogens is 220 g/mol. The van der Waals surface area contributed by atoms with E-state index in [1.165, 1.54) is 0 Å². The molecular formula is C9H9BrO2. The van der Waals surface area contributed by atoms with Gasteiger partial charge in [-0.1, -0.05) is 0 Å². The molecule has 0 saturated carbocycles. The van der Waals surface area contributed by atoms with Crippen molar-refractivity contribution in [2.45, 2.75) is 6.92 Å². The van der Waals surface area contributed by atoms with Crippen LogP contribution in [0.3, 0.4) is 0 Å². The normalized spacial score (nSPS) is 9.58. The number of rotatable bonds is 2. The van der Waals surface area contributed by atoms with Crippen LogP contribution >= 0.6 is 15.9 Å². The summed E-state index contributed by atoms with van der Waals surface area (Å²) in [6, 6.07) is 3.58. The molecule has 0 aromatic heterocycles. The highest BCUT2D eigenvalue weighted by Gasteiger charge is 2.03. The number of hydrogen-bond acceptors (Lipinski definition) is 2. The molecule has 0 bridgehead atoms. The molecule has 3 heteroatoms. The van der Waals surface area contributed by atoms with Crippen molar-refractivity contribution in [2.75, 3.05) is 7.11 Å². The van der Waals surface area contributed by atoms with E-state index >= 15 is 0 Å². The Kier molecular flexibility index (Phi) is 2.87. The number of benzene rings is 1. The number of ether oxygens (including phenoxy) is 1. The molecule has 12 heavy (non-hydrogen) atoms. The highest BCUT2D eigenvalue weighted by molar-refractivity contribution is 9.10. The maximum Gasteiger partial charge on any atom is 0.151 e. The second kappa shape index (κ2) is 3.72. The molecule has 1 rings (SSSR count). The van der Waals surface area contributed by atoms with Crippen molar-refractivity contribution >= 4 is 22.2 Å². The lowest BCUT2D eigenvalue weighted by atomic mass is 10.1. The van der Waals surface area contributed by atoms with Gasteiger partial charge in [-0.05, 0) is 40.5 Å². The van der Waals surface area contributed by atoms with Crippen LogP contribution in [0.5, 0.6) is 5.75 Å². The van der Waals surface area contributed by atoms with Crippen LogP contribution in [0.25, 0.3) is 0 Å². The van der Waals surface area contributed by atoms with Crippen molar-refractivity contribution in [1.82, 2.24) is 0 Å². The van der Waals surface area contributed by atoms with Crippen molar-refractivity contribution in [3.63, 3.8) is 0 Å². The highest BCUT2D eigenvalue weighted by atomic mass is 79.9. The molecule has 0 unspecified atom stereocenters. The van der Waals surface area contributed by atoms with Gasteiger partial charge >= 0.3 is 0 Å². The largest absolute Gasteiger partial charge is 0.496 e. The molecule has 0 aliphatic rings. The summed E-state index contributed by atoms with van der Waals surface area (Å²) in [5, 5.41) is 0. The minimum absolute atomic E-state index is 0.647. The predicted octanol–water partition coefficient (Wildman–Crippen LogP) is 2.58. The zero-order chi connectivity index (χ0) is 9.14. The molecule has 0 aliphatic carbocycles. The summed E-state index contributed by atoms with van der Waals surface area (Å²) in [5.41, 5.74) is 1.61. The van der Waals surface area contributed by atoms with Crippen molar-refractivity contribution in [2.24, 2.45) is 0 Å². The number of hydrogen-bond donors (Lipinski definition) is 0. The second-order valence-electron chi connectivity index (χ2n) is 2.46. The molecule has 0 amide bonds. The smallest absolute Gasteiger partial charge is 0.151 e. The van der Waals surface area contributed by atoms with E-state index in [0.29, 0.717) is 5.56 Å². The standard InChI is InChI=1S/C9H9BrO2/c1-6-3-7(5-11)8(10)4-9(6)12-2/h3-5H,1-2H3. The Morgan fingerprint density at radius 3 is 2.67 bits per heavy atom. The van der Waals surface area contributed by atoms with Gasteiger partial charge in [0, 0.05) is 10.0 Å². The monoisotopic (exact) mass is 228 g/mol. The van der Waals surface area contributed by atoms with Gasteiger partial charge in [-0.3, -0.25) is 4.79 Å². The van der Waals surface area contributed by atoms with Crippen LogP contribution in [0.15, 0.2) is 16.6 Å². The highest BCUT2D eigenvalue weighted by Crippen LogP contribution is 2.25. The van der Waals surface area contributed by atoms with Crippen LogP contribution in [0, 0.1) is 6.92 Å². The Morgan fingerprint density at radius 2 is 2.17 bits per heavy atom. The third kappa shape index (κ3) is 1.67. The minimum atomic E-state index is 0.647. The molecule has 0 saturated heterocycles. The average molecular weight is 229 g/mol. The fourth-order valence-electron chi connectivity index (χ4n) is 0.996. The molecule has 0 spiro atoms. The Balaban J connectivity index is 3.25. The summed E-state index contributed by atoms with van der Waals surface area (Å²) >= 11 is 3.27. The number of carbonyl (C=O) groups excluding carboxylic acids is 1. The van der Waals surface area contributed by atoms with E-state index in [-0.39, 0.29) is 0 Å². The first-order valence-corrected chi connectivity index (χ1v) is 4.27. The molecule has 0 aliphatic heterocycles. The van der Waals surface area contributed by atoms with E-state index in [4.69, 9.17) is 4.74 Å². The predicted molar refractivity (Wildman–Crippen MR) is 50.8 cm³/mol. The number of aldehydes is 1. The molecule has 2 nitrogen and oxygen atoms in total. The van der Waals surface area contributed by atoms with Gasteiger partial charge in [0.25, 0.3) is 0 Å². The number of methoxy groups -OCH3 is 1. The van der Waals surface area contributed by atoms with Gasteiger partial charge in [-0.15, -0.1) is 0 Å². The SMILES string of the molecule is COc1cc(Br)c(C=O)cc1C. The van der Waals surface area contributed by atoms with Gasteiger partial charge < -0.3 is 4.74 Å². The summed E-state index contributed by atoms with van der Waals surface area (Å²) in [7, 11) is 1.61. The van der Waals surface area contributed by atoms with Crippen LogP contribution in [0.1, 0.15) is 15.9 Å². The fraction of sp³-hybridized carbons (Fsp3) is 0.222. The zero-order valence-electron chi connectivity index (χ0n) is 6.93. The van der Waals surface area contributed by atoms with Crippen LogP contribution in [0.2, 0.25) is 0 Å². The number of carbonyl (C=O) groups is 1. The van der Waals surface area contributed by atoms with Gasteiger partial charge in [0.05, 0.1) is 7.11 Å². The molecule has 1 aromatic rings. The Hall–Kier alpha value is -0.830.